The molecule has 7 heavy (non-hydrogen) atoms. The molecule has 0 aromatic carbocycles. The van der Waals surface area contributed by atoms with Gasteiger partial charge in [0.15, 0.2) is 0 Å². The molecular weight excluding hydrogens is 444 g/mol. The zero-order chi connectivity index (χ0) is 0. The molecule has 5 radical (unpaired) electrons. The van der Waals surface area contributed by atoms with Crippen LogP contribution in [0.25, 0.3) is 0 Å². The Morgan fingerprint density at radius 1 is 1.00 bits per heavy atom. The Balaban J connectivity index is 0. The number of rotatable bonds is 0. The van der Waals surface area contributed by atoms with Gasteiger partial charge in [0.25, 0.3) is 0 Å². The van der Waals surface area contributed by atoms with Crippen molar-refractivity contribution in [2.24, 2.45) is 0 Å². The van der Waals surface area contributed by atoms with Gasteiger partial charge in [-0.05, 0) is 11.0 Å². The van der Waals surface area contributed by atoms with Crippen LogP contribution in [0.2, 0.25) is 0 Å². The molecule has 0 aromatic heterocycles. The normalized spacial score (nSPS) is 0. The Labute approximate surface area is 107 Å². The summed E-state index contributed by atoms with van der Waals surface area (Å²) >= 11 is 0. The van der Waals surface area contributed by atoms with Gasteiger partial charge in [0.1, 0.15) is 0 Å². The van der Waals surface area contributed by atoms with E-state index in [4.69, 9.17) is 0 Å². The van der Waals surface area contributed by atoms with E-state index in [9.17, 15) is 0 Å². The minimum absolute atomic E-state index is 0. The Morgan fingerprint density at radius 2 is 1.00 bits per heavy atom. The summed E-state index contributed by atoms with van der Waals surface area (Å²) in [6.07, 6.45) is 0. The first-order chi connectivity index (χ1) is 0. The first-order valence-electron chi connectivity index (χ1n) is 0. The minimum atomic E-state index is 0. The Morgan fingerprint density at radius 3 is 1.00 bits per heavy atom. The predicted molar refractivity (Wildman–Crippen MR) is 15.7 cm³/mol. The summed E-state index contributed by atoms with van der Waals surface area (Å²) in [7, 11) is 0. The molecule has 47 valence electrons. The average Bonchev–Trinajstić information content (AvgIpc) is 0. The molecule has 7 heteroatoms. The van der Waals surface area contributed by atoms with Crippen LogP contribution in [0.4, 0.5) is 0 Å². The molecule has 0 aliphatic carbocycles. The molecule has 0 saturated carbocycles. The maximum Gasteiger partial charge on any atom is 0 e. The molecule has 0 rings (SSSR count). The summed E-state index contributed by atoms with van der Waals surface area (Å²) in [5.41, 5.74) is 0. The Kier molecular flexibility index (Phi) is 804. The van der Waals surface area contributed by atoms with Crippen molar-refractivity contribution in [3.8, 4) is 0 Å². The fourth-order valence-electron chi connectivity index (χ4n) is 0. The third-order valence-electron chi connectivity index (χ3n) is 0. The second-order valence-electron chi connectivity index (χ2n) is 0. The van der Waals surface area contributed by atoms with Crippen LogP contribution in [0.15, 0.2) is 0 Å². The smallest absolute Gasteiger partial charge is 0 e. The van der Waals surface area contributed by atoms with Crippen molar-refractivity contribution in [3.05, 3.63) is 0 Å². The molecule has 0 amide bonds. The van der Waals surface area contributed by atoms with Crippen molar-refractivity contribution in [3.63, 3.8) is 0 Å². The molecule has 0 aliphatic rings. The topological polar surface area (TPSA) is 0 Å². The van der Waals surface area contributed by atoms with Crippen LogP contribution in [-0.2, 0) is 89.1 Å². The van der Waals surface area contributed by atoms with Crippen LogP contribution >= 0.6 is 0 Å². The molecule has 0 bridgehead atoms. The Hall–Kier alpha value is 3.04. The number of hydrogen-bond acceptors (Lipinski definition) is 0. The monoisotopic (exact) mass is 447 g/mol. The first-order valence-corrected chi connectivity index (χ1v) is 0. The number of hydrogen-bond donors (Lipinski definition) is 0. The molecule has 0 nitrogen and oxygen atoms in total. The van der Waals surface area contributed by atoms with Gasteiger partial charge in [-0.1, -0.05) is 0 Å². The molecule has 0 spiro atoms. The molecule has 0 N–H and O–H groups in total. The van der Waals surface area contributed by atoms with Crippen molar-refractivity contribution in [2.75, 3.05) is 0 Å². The summed E-state index contributed by atoms with van der Waals surface area (Å²) in [5.74, 6) is 0. The van der Waals surface area contributed by atoms with Gasteiger partial charge in [0, 0.05) is 97.5 Å². The summed E-state index contributed by atoms with van der Waals surface area (Å²) in [4.78, 5) is 0. The van der Waals surface area contributed by atoms with Crippen molar-refractivity contribution in [2.45, 2.75) is 0 Å². The van der Waals surface area contributed by atoms with Gasteiger partial charge in [-0.3, -0.25) is 0 Å². The molecule has 0 atom stereocenters. The van der Waals surface area contributed by atoms with E-state index in [0.29, 0.717) is 0 Å². The van der Waals surface area contributed by atoms with Gasteiger partial charge in [0.2, 0.25) is 0 Å². The summed E-state index contributed by atoms with van der Waals surface area (Å²) in [6, 6.07) is 0. The van der Waals surface area contributed by atoms with Crippen LogP contribution in [-0.4, -0.2) is 19.4 Å². The average molecular weight is 447 g/mol. The van der Waals surface area contributed by atoms with E-state index in [1.165, 1.54) is 0 Å². The third-order valence-corrected chi connectivity index (χ3v) is 0. The molecule has 0 aromatic rings. The molecule has 0 saturated heterocycles. The first kappa shape index (κ1) is 88.9. The van der Waals surface area contributed by atoms with Gasteiger partial charge in [-0.25, -0.2) is 0 Å². The largest absolute Gasteiger partial charge is 0.0125 e. The SMILES string of the molecule is [B].[Cr].[Fe].[Mn].[Ni].[SiH3].[W]. The van der Waals surface area contributed by atoms with E-state index in [2.05, 4.69) is 0 Å². The van der Waals surface area contributed by atoms with Gasteiger partial charge < -0.3 is 0 Å². The maximum atomic E-state index is 0. The van der Waals surface area contributed by atoms with E-state index in [-0.39, 0.29) is 108 Å². The summed E-state index contributed by atoms with van der Waals surface area (Å²) < 4.78 is 0. The van der Waals surface area contributed by atoms with Crippen molar-refractivity contribution in [1.82, 2.24) is 0 Å². The van der Waals surface area contributed by atoms with E-state index >= 15 is 0 Å². The molecule has 0 fully saturated rings. The quantitative estimate of drug-likeness (QED) is 0.394. The van der Waals surface area contributed by atoms with Crippen molar-refractivity contribution >= 4 is 19.4 Å². The standard InChI is InChI=1S/B.Cr.Fe.Mn.Ni.H3Si.W/h;;;;;1H3;. The van der Waals surface area contributed by atoms with Crippen LogP contribution in [0.5, 0.6) is 0 Å². The van der Waals surface area contributed by atoms with E-state index in [0.717, 1.165) is 0 Å². The maximum absolute atomic E-state index is 0. The van der Waals surface area contributed by atoms with Gasteiger partial charge in [-0.2, -0.15) is 0 Å². The summed E-state index contributed by atoms with van der Waals surface area (Å²) in [6.45, 7) is 0. The van der Waals surface area contributed by atoms with Gasteiger partial charge in [-0.15, -0.1) is 0 Å². The second-order valence-corrected chi connectivity index (χ2v) is 0. The zero-order valence-corrected chi connectivity index (χ0v) is 12.9. The van der Waals surface area contributed by atoms with E-state index in [1.807, 2.05) is 0 Å². The molecule has 0 aliphatic heterocycles. The summed E-state index contributed by atoms with van der Waals surface area (Å²) in [5, 5.41) is 0. The van der Waals surface area contributed by atoms with E-state index in [1.54, 1.807) is 0 Å². The van der Waals surface area contributed by atoms with Crippen LogP contribution in [0.3, 0.4) is 0 Å². The van der Waals surface area contributed by atoms with Crippen LogP contribution in [0, 0.1) is 0 Å². The van der Waals surface area contributed by atoms with Crippen molar-refractivity contribution < 1.29 is 89.1 Å². The van der Waals surface area contributed by atoms with Crippen LogP contribution < -0.4 is 0 Å². The van der Waals surface area contributed by atoms with Gasteiger partial charge in [0.05, 0.1) is 0 Å². The molecule has 0 heterocycles. The van der Waals surface area contributed by atoms with E-state index < -0.39 is 0 Å². The van der Waals surface area contributed by atoms with Gasteiger partial charge >= 0.3 is 0 Å². The predicted octanol–water partition coefficient (Wildman–Crippen LogP) is -1.58. The Bertz CT molecular complexity index is 19.7. The fourth-order valence-corrected chi connectivity index (χ4v) is 0. The minimum Gasteiger partial charge on any atom is -0.0125 e. The van der Waals surface area contributed by atoms with Crippen LogP contribution in [0.1, 0.15) is 0 Å². The zero-order valence-electron chi connectivity index (χ0n) is 3.44. The fraction of sp³-hybridized carbons (Fsp3) is 0. The van der Waals surface area contributed by atoms with Crippen molar-refractivity contribution in [1.29, 1.82) is 0 Å². The molecular formula is H3BCrFeMnNiSiW. The third kappa shape index (κ3) is 48.5. The molecule has 0 unspecified atom stereocenters. The second kappa shape index (κ2) is 63.3.